The molecule has 0 aliphatic rings. The molecule has 0 spiro atoms. The Morgan fingerprint density at radius 3 is 2.45 bits per heavy atom. The number of furan rings is 1. The van der Waals surface area contributed by atoms with Crippen LogP contribution in [0.1, 0.15) is 41.6 Å². The van der Waals surface area contributed by atoms with Crippen LogP contribution in [0.3, 0.4) is 0 Å². The highest BCUT2D eigenvalue weighted by Crippen LogP contribution is 2.13. The van der Waals surface area contributed by atoms with Gasteiger partial charge in [-0.05, 0) is 49.2 Å². The summed E-state index contributed by atoms with van der Waals surface area (Å²) >= 11 is 0. The molecule has 3 aromatic rings. The summed E-state index contributed by atoms with van der Waals surface area (Å²) in [6.07, 6.45) is 1.48. The fourth-order valence-electron chi connectivity index (χ4n) is 2.81. The predicted octanol–water partition coefficient (Wildman–Crippen LogP) is 4.35. The zero-order chi connectivity index (χ0) is 20.5. The summed E-state index contributed by atoms with van der Waals surface area (Å²) in [4.78, 5) is 16.7. The van der Waals surface area contributed by atoms with E-state index in [4.69, 9.17) is 4.42 Å². The summed E-state index contributed by atoms with van der Waals surface area (Å²) in [7, 11) is 0. The van der Waals surface area contributed by atoms with Crippen LogP contribution < -0.4 is 16.0 Å². The molecule has 0 saturated carbocycles. The number of hydrogen-bond acceptors (Lipinski definition) is 3. The van der Waals surface area contributed by atoms with Crippen LogP contribution in [0.4, 0.5) is 5.69 Å². The topological polar surface area (TPSA) is 78.7 Å². The molecule has 0 bridgehead atoms. The fraction of sp³-hybridized carbons (Fsp3) is 0.217. The van der Waals surface area contributed by atoms with Gasteiger partial charge in [-0.15, -0.1) is 0 Å². The van der Waals surface area contributed by atoms with E-state index >= 15 is 0 Å². The molecule has 1 aromatic heterocycles. The summed E-state index contributed by atoms with van der Waals surface area (Å²) in [5, 5.41) is 9.51. The Morgan fingerprint density at radius 1 is 1.03 bits per heavy atom. The minimum absolute atomic E-state index is 0.146. The van der Waals surface area contributed by atoms with Crippen molar-refractivity contribution in [2.45, 2.75) is 26.4 Å². The molecule has 0 aliphatic carbocycles. The van der Waals surface area contributed by atoms with Crippen LogP contribution in [0.2, 0.25) is 0 Å². The van der Waals surface area contributed by atoms with Crippen molar-refractivity contribution in [3.63, 3.8) is 0 Å². The molecule has 6 heteroatoms. The number of aliphatic imine (C=N–C) groups is 1. The lowest BCUT2D eigenvalue weighted by atomic mass is 10.1. The lowest BCUT2D eigenvalue weighted by Gasteiger charge is -2.18. The minimum atomic E-state index is -0.269. The van der Waals surface area contributed by atoms with E-state index in [1.54, 1.807) is 12.1 Å². The first-order chi connectivity index (χ1) is 14.2. The number of nitrogens with one attached hydrogen (secondary N) is 3. The first-order valence-corrected chi connectivity index (χ1v) is 9.69. The average molecular weight is 390 g/mol. The third-order valence-corrected chi connectivity index (χ3v) is 4.37. The second-order valence-corrected chi connectivity index (χ2v) is 6.60. The summed E-state index contributed by atoms with van der Waals surface area (Å²) in [6, 6.07) is 21.3. The molecule has 150 valence electrons. The number of hydrogen-bond donors (Lipinski definition) is 3. The highest BCUT2D eigenvalue weighted by molar-refractivity contribution is 6.02. The highest BCUT2D eigenvalue weighted by Gasteiger charge is 2.09. The maximum absolute atomic E-state index is 12.0. The minimum Gasteiger partial charge on any atom is -0.459 e. The maximum atomic E-state index is 12.0. The van der Waals surface area contributed by atoms with Crippen LogP contribution in [-0.4, -0.2) is 18.4 Å². The van der Waals surface area contributed by atoms with E-state index < -0.39 is 0 Å². The van der Waals surface area contributed by atoms with Gasteiger partial charge in [-0.3, -0.25) is 4.79 Å². The van der Waals surface area contributed by atoms with Crippen LogP contribution in [0.25, 0.3) is 0 Å². The van der Waals surface area contributed by atoms with Crippen molar-refractivity contribution in [3.05, 3.63) is 89.9 Å². The number of nitrogens with zero attached hydrogens (tertiary/aromatic N) is 1. The smallest absolute Gasteiger partial charge is 0.291 e. The van der Waals surface area contributed by atoms with E-state index in [1.807, 2.05) is 49.4 Å². The largest absolute Gasteiger partial charge is 0.459 e. The standard InChI is InChI=1S/C23H26N4O2/c1-3-24-23(26-17(2)19-8-5-4-6-9-19)25-16-18-11-13-20(14-12-18)27-22(28)21-10-7-15-29-21/h4-15,17H,3,16H2,1-2H3,(H,27,28)(H2,24,25,26). The van der Waals surface area contributed by atoms with E-state index in [9.17, 15) is 4.79 Å². The highest BCUT2D eigenvalue weighted by atomic mass is 16.3. The Balaban J connectivity index is 1.59. The van der Waals surface area contributed by atoms with Gasteiger partial charge in [0, 0.05) is 12.2 Å². The summed E-state index contributed by atoms with van der Waals surface area (Å²) in [6.45, 7) is 5.47. The van der Waals surface area contributed by atoms with E-state index in [1.165, 1.54) is 11.8 Å². The molecule has 0 radical (unpaired) electrons. The van der Waals surface area contributed by atoms with Crippen molar-refractivity contribution in [2.24, 2.45) is 4.99 Å². The second-order valence-electron chi connectivity index (χ2n) is 6.60. The molecule has 0 fully saturated rings. The third kappa shape index (κ3) is 5.97. The van der Waals surface area contributed by atoms with Gasteiger partial charge in [0.2, 0.25) is 0 Å². The van der Waals surface area contributed by atoms with Gasteiger partial charge in [0.15, 0.2) is 11.7 Å². The first kappa shape index (κ1) is 20.2. The van der Waals surface area contributed by atoms with Crippen molar-refractivity contribution < 1.29 is 9.21 Å². The third-order valence-electron chi connectivity index (χ3n) is 4.37. The van der Waals surface area contributed by atoms with Gasteiger partial charge in [-0.1, -0.05) is 42.5 Å². The number of benzene rings is 2. The van der Waals surface area contributed by atoms with Crippen LogP contribution in [0.15, 0.2) is 82.4 Å². The van der Waals surface area contributed by atoms with Gasteiger partial charge in [0.25, 0.3) is 5.91 Å². The lowest BCUT2D eigenvalue weighted by molar-refractivity contribution is 0.0996. The maximum Gasteiger partial charge on any atom is 0.291 e. The van der Waals surface area contributed by atoms with E-state index in [-0.39, 0.29) is 17.7 Å². The predicted molar refractivity (Wildman–Crippen MR) is 116 cm³/mol. The Hall–Kier alpha value is -3.54. The molecular weight excluding hydrogens is 364 g/mol. The van der Waals surface area contributed by atoms with E-state index in [2.05, 4.69) is 40.0 Å². The van der Waals surface area contributed by atoms with Crippen molar-refractivity contribution in [1.82, 2.24) is 10.6 Å². The molecule has 3 N–H and O–H groups in total. The summed E-state index contributed by atoms with van der Waals surface area (Å²) in [5.41, 5.74) is 2.96. The van der Waals surface area contributed by atoms with Crippen LogP contribution in [-0.2, 0) is 6.54 Å². The van der Waals surface area contributed by atoms with Gasteiger partial charge in [-0.25, -0.2) is 4.99 Å². The van der Waals surface area contributed by atoms with Crippen molar-refractivity contribution in [1.29, 1.82) is 0 Å². The normalized spacial score (nSPS) is 12.3. The number of carbonyl (C=O) groups excluding carboxylic acids is 1. The number of guanidine groups is 1. The number of carbonyl (C=O) groups is 1. The molecule has 1 amide bonds. The molecule has 3 rings (SSSR count). The molecule has 1 unspecified atom stereocenters. The van der Waals surface area contributed by atoms with Gasteiger partial charge >= 0.3 is 0 Å². The van der Waals surface area contributed by atoms with E-state index in [0.29, 0.717) is 12.2 Å². The van der Waals surface area contributed by atoms with Gasteiger partial charge in [0.1, 0.15) is 0 Å². The van der Waals surface area contributed by atoms with Crippen LogP contribution in [0, 0.1) is 0 Å². The van der Waals surface area contributed by atoms with Crippen LogP contribution in [0.5, 0.6) is 0 Å². The Kier molecular flexibility index (Phi) is 7.05. The summed E-state index contributed by atoms with van der Waals surface area (Å²) < 4.78 is 5.10. The monoisotopic (exact) mass is 390 g/mol. The second kappa shape index (κ2) is 10.1. The van der Waals surface area contributed by atoms with Gasteiger partial charge in [-0.2, -0.15) is 0 Å². The lowest BCUT2D eigenvalue weighted by Crippen LogP contribution is -2.38. The van der Waals surface area contributed by atoms with Crippen LogP contribution >= 0.6 is 0 Å². The quantitative estimate of drug-likeness (QED) is 0.414. The van der Waals surface area contributed by atoms with Crippen molar-refractivity contribution in [2.75, 3.05) is 11.9 Å². The van der Waals surface area contributed by atoms with E-state index in [0.717, 1.165) is 18.1 Å². The molecule has 1 atom stereocenters. The van der Waals surface area contributed by atoms with Gasteiger partial charge in [0.05, 0.1) is 18.8 Å². The zero-order valence-electron chi connectivity index (χ0n) is 16.7. The zero-order valence-corrected chi connectivity index (χ0v) is 16.7. The molecule has 0 saturated heterocycles. The molecule has 29 heavy (non-hydrogen) atoms. The SMILES string of the molecule is CCNC(=NCc1ccc(NC(=O)c2ccco2)cc1)NC(C)c1ccccc1. The summed E-state index contributed by atoms with van der Waals surface area (Å²) in [5.74, 6) is 0.779. The van der Waals surface area contributed by atoms with Crippen molar-refractivity contribution >= 4 is 17.6 Å². The van der Waals surface area contributed by atoms with Crippen molar-refractivity contribution in [3.8, 4) is 0 Å². The Bertz CT molecular complexity index is 919. The molecule has 1 heterocycles. The number of rotatable bonds is 7. The Morgan fingerprint density at radius 2 is 1.79 bits per heavy atom. The Labute approximate surface area is 171 Å². The molecule has 6 nitrogen and oxygen atoms in total. The number of anilines is 1. The molecule has 2 aromatic carbocycles. The first-order valence-electron chi connectivity index (χ1n) is 9.69. The fourth-order valence-corrected chi connectivity index (χ4v) is 2.81. The molecular formula is C23H26N4O2. The van der Waals surface area contributed by atoms with Gasteiger partial charge < -0.3 is 20.4 Å². The number of amides is 1. The average Bonchev–Trinajstić information content (AvgIpc) is 3.29. The molecule has 0 aliphatic heterocycles.